The third-order valence-electron chi connectivity index (χ3n) is 4.65. The number of carbonyl (C=O) groups excluding carboxylic acids is 1. The Morgan fingerprint density at radius 1 is 1.04 bits per heavy atom. The fourth-order valence-electron chi connectivity index (χ4n) is 3.07. The minimum Gasteiger partial charge on any atom is -0.349 e. The van der Waals surface area contributed by atoms with E-state index in [4.69, 9.17) is 0 Å². The minimum atomic E-state index is -0.00573. The van der Waals surface area contributed by atoms with E-state index in [1.54, 1.807) is 0 Å². The molecule has 5 heteroatoms. The lowest BCUT2D eigenvalue weighted by Gasteiger charge is -2.32. The largest absolute Gasteiger partial charge is 0.349 e. The summed E-state index contributed by atoms with van der Waals surface area (Å²) in [6.45, 7) is 5.96. The molecule has 0 saturated carbocycles. The van der Waals surface area contributed by atoms with Crippen molar-refractivity contribution >= 4 is 5.91 Å². The maximum Gasteiger partial charge on any atom is 0.267 e. The van der Waals surface area contributed by atoms with Gasteiger partial charge in [0.2, 0.25) is 0 Å². The number of rotatable bonds is 5. The van der Waals surface area contributed by atoms with Gasteiger partial charge >= 0.3 is 0 Å². The molecule has 1 amide bonds. The third kappa shape index (κ3) is 4.04. The van der Waals surface area contributed by atoms with Crippen LogP contribution in [0.2, 0.25) is 0 Å². The summed E-state index contributed by atoms with van der Waals surface area (Å²) >= 11 is 0. The number of aryl methyl sites for hydroxylation is 1. The summed E-state index contributed by atoms with van der Waals surface area (Å²) in [5, 5.41) is 3.05. The van der Waals surface area contributed by atoms with Crippen molar-refractivity contribution in [2.24, 2.45) is 7.05 Å². The highest BCUT2D eigenvalue weighted by molar-refractivity contribution is 5.94. The summed E-state index contributed by atoms with van der Waals surface area (Å²) in [7, 11) is 4.07. The van der Waals surface area contributed by atoms with Crippen LogP contribution in [0.3, 0.4) is 0 Å². The Bertz CT molecular complexity index is 672. The lowest BCUT2D eigenvalue weighted by atomic mass is 10.1. The van der Waals surface area contributed by atoms with Gasteiger partial charge in [-0.25, -0.2) is 0 Å². The Labute approximate surface area is 143 Å². The van der Waals surface area contributed by atoms with Crippen molar-refractivity contribution in [1.29, 1.82) is 0 Å². The SMILES string of the molecule is CN1CCN(CCNC(=O)c2cc(-c3ccccc3)cn2C)CC1. The first-order valence-electron chi connectivity index (χ1n) is 8.54. The molecule has 1 aromatic carbocycles. The Balaban J connectivity index is 1.55. The van der Waals surface area contributed by atoms with Crippen molar-refractivity contribution in [3.63, 3.8) is 0 Å². The number of carbonyl (C=O) groups is 1. The second kappa shape index (κ2) is 7.64. The van der Waals surface area contributed by atoms with Gasteiger partial charge in [0.05, 0.1) is 0 Å². The van der Waals surface area contributed by atoms with Crippen LogP contribution < -0.4 is 5.32 Å². The molecule has 1 N–H and O–H groups in total. The topological polar surface area (TPSA) is 40.5 Å². The lowest BCUT2D eigenvalue weighted by Crippen LogP contribution is -2.47. The normalized spacial score (nSPS) is 16.2. The molecule has 2 heterocycles. The number of benzene rings is 1. The first-order chi connectivity index (χ1) is 11.6. The van der Waals surface area contributed by atoms with Gasteiger partial charge in [0.15, 0.2) is 0 Å². The number of nitrogens with zero attached hydrogens (tertiary/aromatic N) is 3. The Morgan fingerprint density at radius 3 is 2.46 bits per heavy atom. The quantitative estimate of drug-likeness (QED) is 0.909. The van der Waals surface area contributed by atoms with Gasteiger partial charge in [0.1, 0.15) is 5.69 Å². The van der Waals surface area contributed by atoms with Crippen molar-refractivity contribution in [2.75, 3.05) is 46.3 Å². The average molecular weight is 326 g/mol. The maximum absolute atomic E-state index is 12.4. The first kappa shape index (κ1) is 16.7. The number of aromatic nitrogens is 1. The van der Waals surface area contributed by atoms with Gasteiger partial charge in [-0.3, -0.25) is 9.69 Å². The first-order valence-corrected chi connectivity index (χ1v) is 8.54. The highest BCUT2D eigenvalue weighted by Crippen LogP contribution is 2.21. The van der Waals surface area contributed by atoms with Crippen LogP contribution in [0.1, 0.15) is 10.5 Å². The molecule has 0 radical (unpaired) electrons. The summed E-state index contributed by atoms with van der Waals surface area (Å²) in [4.78, 5) is 17.2. The van der Waals surface area contributed by atoms with Gasteiger partial charge in [-0.1, -0.05) is 30.3 Å². The second-order valence-electron chi connectivity index (χ2n) is 6.49. The van der Waals surface area contributed by atoms with Gasteiger partial charge in [0.25, 0.3) is 5.91 Å². The molecule has 0 atom stereocenters. The van der Waals surface area contributed by atoms with Gasteiger partial charge in [-0.15, -0.1) is 0 Å². The Morgan fingerprint density at radius 2 is 1.75 bits per heavy atom. The number of hydrogen-bond acceptors (Lipinski definition) is 3. The van der Waals surface area contributed by atoms with Crippen LogP contribution in [0.25, 0.3) is 11.1 Å². The molecule has 1 aliphatic rings. The van der Waals surface area contributed by atoms with Gasteiger partial charge < -0.3 is 14.8 Å². The molecule has 1 aliphatic heterocycles. The fourth-order valence-corrected chi connectivity index (χ4v) is 3.07. The van der Waals surface area contributed by atoms with E-state index < -0.39 is 0 Å². The highest BCUT2D eigenvalue weighted by Gasteiger charge is 2.15. The van der Waals surface area contributed by atoms with E-state index in [1.165, 1.54) is 0 Å². The number of likely N-dealkylation sites (N-methyl/N-ethyl adjacent to an activating group) is 1. The van der Waals surface area contributed by atoms with Crippen molar-refractivity contribution < 1.29 is 4.79 Å². The molecule has 0 spiro atoms. The van der Waals surface area contributed by atoms with Crippen molar-refractivity contribution in [3.8, 4) is 11.1 Å². The minimum absolute atomic E-state index is 0.00573. The van der Waals surface area contributed by atoms with E-state index in [2.05, 4.69) is 34.3 Å². The van der Waals surface area contributed by atoms with E-state index >= 15 is 0 Å². The van der Waals surface area contributed by atoms with E-state index in [1.807, 2.05) is 42.1 Å². The van der Waals surface area contributed by atoms with Crippen molar-refractivity contribution in [1.82, 2.24) is 19.7 Å². The fraction of sp³-hybridized carbons (Fsp3) is 0.421. The Hall–Kier alpha value is -2.11. The molecule has 1 aromatic heterocycles. The summed E-state index contributed by atoms with van der Waals surface area (Å²) in [6.07, 6.45) is 2.00. The Kier molecular flexibility index (Phi) is 5.33. The summed E-state index contributed by atoms with van der Waals surface area (Å²) < 4.78 is 1.90. The molecule has 128 valence electrons. The van der Waals surface area contributed by atoms with E-state index in [0.29, 0.717) is 12.2 Å². The zero-order valence-corrected chi connectivity index (χ0v) is 14.5. The number of nitrogens with one attached hydrogen (secondary N) is 1. The van der Waals surface area contributed by atoms with Crippen molar-refractivity contribution in [3.05, 3.63) is 48.3 Å². The van der Waals surface area contributed by atoms with E-state index in [9.17, 15) is 4.79 Å². The lowest BCUT2D eigenvalue weighted by molar-refractivity contribution is 0.0933. The number of piperazine rings is 1. The molecule has 2 aromatic rings. The summed E-state index contributed by atoms with van der Waals surface area (Å²) in [5.74, 6) is -0.00573. The zero-order valence-electron chi connectivity index (χ0n) is 14.5. The molecular formula is C19H26N4O. The predicted molar refractivity (Wildman–Crippen MR) is 97.1 cm³/mol. The summed E-state index contributed by atoms with van der Waals surface area (Å²) in [5.41, 5.74) is 2.90. The molecule has 0 bridgehead atoms. The van der Waals surface area contributed by atoms with Crippen LogP contribution in [0.5, 0.6) is 0 Å². The van der Waals surface area contributed by atoms with Crippen LogP contribution in [0, 0.1) is 0 Å². The number of amides is 1. The van der Waals surface area contributed by atoms with Crippen LogP contribution in [0.4, 0.5) is 0 Å². The molecule has 24 heavy (non-hydrogen) atoms. The number of hydrogen-bond donors (Lipinski definition) is 1. The smallest absolute Gasteiger partial charge is 0.267 e. The van der Waals surface area contributed by atoms with E-state index in [0.717, 1.165) is 43.9 Å². The molecule has 0 unspecified atom stereocenters. The van der Waals surface area contributed by atoms with Gasteiger partial charge in [0, 0.05) is 58.1 Å². The maximum atomic E-state index is 12.4. The molecule has 1 saturated heterocycles. The summed E-state index contributed by atoms with van der Waals surface area (Å²) in [6, 6.07) is 12.1. The molecule has 1 fully saturated rings. The van der Waals surface area contributed by atoms with Crippen LogP contribution >= 0.6 is 0 Å². The monoisotopic (exact) mass is 326 g/mol. The predicted octanol–water partition coefficient (Wildman–Crippen LogP) is 1.67. The third-order valence-corrected chi connectivity index (χ3v) is 4.65. The highest BCUT2D eigenvalue weighted by atomic mass is 16.1. The molecule has 5 nitrogen and oxygen atoms in total. The standard InChI is InChI=1S/C19H26N4O/c1-21-10-12-23(13-11-21)9-8-20-19(24)18-14-17(15-22(18)2)16-6-4-3-5-7-16/h3-7,14-15H,8-13H2,1-2H3,(H,20,24). The molecule has 0 aliphatic carbocycles. The van der Waals surface area contributed by atoms with Gasteiger partial charge in [-0.2, -0.15) is 0 Å². The molecule has 3 rings (SSSR count). The molecular weight excluding hydrogens is 300 g/mol. The van der Waals surface area contributed by atoms with Crippen molar-refractivity contribution in [2.45, 2.75) is 0 Å². The zero-order chi connectivity index (χ0) is 16.9. The second-order valence-corrected chi connectivity index (χ2v) is 6.49. The van der Waals surface area contributed by atoms with Gasteiger partial charge in [-0.05, 0) is 18.7 Å². The van der Waals surface area contributed by atoms with Crippen LogP contribution in [-0.4, -0.2) is 66.6 Å². The average Bonchev–Trinajstić information content (AvgIpc) is 2.99. The van der Waals surface area contributed by atoms with Crippen LogP contribution in [0.15, 0.2) is 42.6 Å². The van der Waals surface area contributed by atoms with Crippen LogP contribution in [-0.2, 0) is 7.05 Å². The van der Waals surface area contributed by atoms with E-state index in [-0.39, 0.29) is 5.91 Å².